The third kappa shape index (κ3) is 2.35. The molecule has 0 aromatic rings. The van der Waals surface area contributed by atoms with Crippen LogP contribution in [0.15, 0.2) is 0 Å². The van der Waals surface area contributed by atoms with E-state index < -0.39 is 0 Å². The molecular weight excluding hydrogens is 114 g/mol. The lowest BCUT2D eigenvalue weighted by Gasteiger charge is -2.23. The quantitative estimate of drug-likeness (QED) is 0.399. The van der Waals surface area contributed by atoms with Gasteiger partial charge in [0, 0.05) is 20.1 Å². The molecule has 0 aromatic carbocycles. The zero-order valence-electron chi connectivity index (χ0n) is 6.52. The highest BCUT2D eigenvalue weighted by atomic mass is 15.3. The van der Waals surface area contributed by atoms with Gasteiger partial charge in [-0.2, -0.15) is 0 Å². The first kappa shape index (κ1) is 8.27. The molecule has 0 aliphatic carbocycles. The van der Waals surface area contributed by atoms with Crippen LogP contribution in [-0.4, -0.2) is 31.0 Å². The fourth-order valence-corrected chi connectivity index (χ4v) is 0.435. The third-order valence-electron chi connectivity index (χ3n) is 1.36. The molecule has 0 spiro atoms. The molecule has 54 valence electrons. The topological polar surface area (TPSA) is 39.1 Å². The number of hydrogen-bond donors (Lipinski definition) is 2. The Morgan fingerprint density at radius 1 is 1.56 bits per heavy atom. The highest BCUT2D eigenvalue weighted by Crippen LogP contribution is 1.90. The predicted octanol–water partition coefficient (Wildman–Crippen LogP) is 0.481. The van der Waals surface area contributed by atoms with Crippen LogP contribution in [0.5, 0.6) is 0 Å². The van der Waals surface area contributed by atoms with E-state index in [0.717, 1.165) is 0 Å². The Hall–Kier alpha value is -0.730. The summed E-state index contributed by atoms with van der Waals surface area (Å²) in [5.74, 6) is 0.463. The van der Waals surface area contributed by atoms with E-state index in [1.807, 2.05) is 25.8 Å². The molecule has 0 rings (SSSR count). The fraction of sp³-hybridized carbons (Fsp3) is 0.833. The van der Waals surface area contributed by atoms with E-state index in [4.69, 9.17) is 5.41 Å². The van der Waals surface area contributed by atoms with Crippen molar-refractivity contribution in [3.8, 4) is 0 Å². The normalized spacial score (nSPS) is 9.44. The standard InChI is InChI=1S/C6H15N3/c1-5(2)9(4)6(7)8-3/h5H,1-4H3,(H2,7,8). The second-order valence-electron chi connectivity index (χ2n) is 2.30. The van der Waals surface area contributed by atoms with Crippen LogP contribution >= 0.6 is 0 Å². The molecule has 3 nitrogen and oxygen atoms in total. The summed E-state index contributed by atoms with van der Waals surface area (Å²) < 4.78 is 0. The Morgan fingerprint density at radius 3 is 2.11 bits per heavy atom. The van der Waals surface area contributed by atoms with Crippen LogP contribution in [0.1, 0.15) is 13.8 Å². The van der Waals surface area contributed by atoms with Gasteiger partial charge in [0.15, 0.2) is 5.96 Å². The highest BCUT2D eigenvalue weighted by molar-refractivity contribution is 5.76. The summed E-state index contributed by atoms with van der Waals surface area (Å²) in [6, 6.07) is 0.393. The summed E-state index contributed by atoms with van der Waals surface area (Å²) >= 11 is 0. The van der Waals surface area contributed by atoms with Gasteiger partial charge in [-0.15, -0.1) is 0 Å². The van der Waals surface area contributed by atoms with Gasteiger partial charge in [-0.25, -0.2) is 0 Å². The molecule has 0 aliphatic rings. The molecule has 9 heavy (non-hydrogen) atoms. The molecule has 2 N–H and O–H groups in total. The van der Waals surface area contributed by atoms with Gasteiger partial charge in [-0.1, -0.05) is 0 Å². The Bertz CT molecular complexity index is 98.5. The van der Waals surface area contributed by atoms with Gasteiger partial charge in [-0.3, -0.25) is 5.41 Å². The molecule has 0 saturated heterocycles. The smallest absolute Gasteiger partial charge is 0.190 e. The lowest BCUT2D eigenvalue weighted by Crippen LogP contribution is -2.39. The van der Waals surface area contributed by atoms with Crippen LogP contribution < -0.4 is 5.32 Å². The Morgan fingerprint density at radius 2 is 2.00 bits per heavy atom. The maximum Gasteiger partial charge on any atom is 0.190 e. The second-order valence-corrected chi connectivity index (χ2v) is 2.30. The maximum absolute atomic E-state index is 7.29. The van der Waals surface area contributed by atoms with Gasteiger partial charge in [-0.05, 0) is 13.8 Å². The average molecular weight is 129 g/mol. The van der Waals surface area contributed by atoms with Crippen LogP contribution in [0.2, 0.25) is 0 Å². The number of nitrogens with one attached hydrogen (secondary N) is 2. The molecule has 0 aliphatic heterocycles. The molecule has 0 heterocycles. The average Bonchev–Trinajstić information content (AvgIpc) is 1.84. The zero-order valence-corrected chi connectivity index (χ0v) is 6.52. The van der Waals surface area contributed by atoms with E-state index in [1.54, 1.807) is 7.05 Å². The monoisotopic (exact) mass is 129 g/mol. The lowest BCUT2D eigenvalue weighted by atomic mass is 10.4. The van der Waals surface area contributed by atoms with Crippen molar-refractivity contribution >= 4 is 5.96 Å². The predicted molar refractivity (Wildman–Crippen MR) is 39.7 cm³/mol. The molecule has 0 atom stereocenters. The van der Waals surface area contributed by atoms with Crippen LogP contribution in [-0.2, 0) is 0 Å². The molecule has 3 heteroatoms. The summed E-state index contributed by atoms with van der Waals surface area (Å²) in [7, 11) is 3.64. The molecule has 0 bridgehead atoms. The van der Waals surface area contributed by atoms with E-state index in [-0.39, 0.29) is 0 Å². The summed E-state index contributed by atoms with van der Waals surface area (Å²) in [5, 5.41) is 10.0. The van der Waals surface area contributed by atoms with Crippen LogP contribution in [0.4, 0.5) is 0 Å². The van der Waals surface area contributed by atoms with Crippen LogP contribution in [0, 0.1) is 5.41 Å². The Balaban J connectivity index is 3.72. The number of guanidine groups is 1. The second kappa shape index (κ2) is 3.33. The van der Waals surface area contributed by atoms with Crippen molar-refractivity contribution in [2.24, 2.45) is 0 Å². The van der Waals surface area contributed by atoms with Crippen LogP contribution in [0.3, 0.4) is 0 Å². The van der Waals surface area contributed by atoms with Crippen molar-refractivity contribution in [3.05, 3.63) is 0 Å². The first-order chi connectivity index (χ1) is 4.09. The minimum absolute atomic E-state index is 0.393. The van der Waals surface area contributed by atoms with Crippen molar-refractivity contribution in [3.63, 3.8) is 0 Å². The van der Waals surface area contributed by atoms with Gasteiger partial charge in [0.2, 0.25) is 0 Å². The number of hydrogen-bond acceptors (Lipinski definition) is 1. The zero-order chi connectivity index (χ0) is 7.44. The first-order valence-corrected chi connectivity index (χ1v) is 3.08. The largest absolute Gasteiger partial charge is 0.359 e. The van der Waals surface area contributed by atoms with Crippen molar-refractivity contribution in [2.45, 2.75) is 19.9 Å². The van der Waals surface area contributed by atoms with Gasteiger partial charge in [0.25, 0.3) is 0 Å². The summed E-state index contributed by atoms with van der Waals surface area (Å²) in [5.41, 5.74) is 0. The molecule has 0 aromatic heterocycles. The van der Waals surface area contributed by atoms with Crippen molar-refractivity contribution in [1.29, 1.82) is 5.41 Å². The van der Waals surface area contributed by atoms with Crippen LogP contribution in [0.25, 0.3) is 0 Å². The molecule has 0 saturated carbocycles. The minimum atomic E-state index is 0.393. The van der Waals surface area contributed by atoms with E-state index in [9.17, 15) is 0 Å². The summed E-state index contributed by atoms with van der Waals surface area (Å²) in [4.78, 5) is 1.86. The van der Waals surface area contributed by atoms with Crippen molar-refractivity contribution in [2.75, 3.05) is 14.1 Å². The lowest BCUT2D eigenvalue weighted by molar-refractivity contribution is 0.403. The van der Waals surface area contributed by atoms with E-state index in [1.165, 1.54) is 0 Å². The number of nitrogens with zero attached hydrogens (tertiary/aromatic N) is 1. The molecule has 0 unspecified atom stereocenters. The maximum atomic E-state index is 7.29. The summed E-state index contributed by atoms with van der Waals surface area (Å²) in [6.07, 6.45) is 0. The fourth-order valence-electron chi connectivity index (χ4n) is 0.435. The van der Waals surface area contributed by atoms with Crippen molar-refractivity contribution in [1.82, 2.24) is 10.2 Å². The molecule has 0 radical (unpaired) electrons. The minimum Gasteiger partial charge on any atom is -0.359 e. The molecular formula is C6H15N3. The molecule has 0 fully saturated rings. The Labute approximate surface area is 56.6 Å². The van der Waals surface area contributed by atoms with Gasteiger partial charge >= 0.3 is 0 Å². The van der Waals surface area contributed by atoms with E-state index in [2.05, 4.69) is 5.32 Å². The van der Waals surface area contributed by atoms with E-state index in [0.29, 0.717) is 12.0 Å². The van der Waals surface area contributed by atoms with Gasteiger partial charge in [0.1, 0.15) is 0 Å². The van der Waals surface area contributed by atoms with Gasteiger partial charge < -0.3 is 10.2 Å². The molecule has 0 amide bonds. The van der Waals surface area contributed by atoms with Gasteiger partial charge in [0.05, 0.1) is 0 Å². The SMILES string of the molecule is CNC(=N)N(C)C(C)C. The highest BCUT2D eigenvalue weighted by Gasteiger charge is 2.03. The Kier molecular flexibility index (Phi) is 3.06. The summed E-state index contributed by atoms with van der Waals surface area (Å²) in [6.45, 7) is 4.10. The van der Waals surface area contributed by atoms with E-state index >= 15 is 0 Å². The first-order valence-electron chi connectivity index (χ1n) is 3.08. The third-order valence-corrected chi connectivity index (χ3v) is 1.36. The van der Waals surface area contributed by atoms with Crippen molar-refractivity contribution < 1.29 is 0 Å². The number of rotatable bonds is 1.